The first kappa shape index (κ1) is 33.1. The number of likely N-dealkylation sites (tertiary alicyclic amines) is 1. The number of nitrogens with one attached hydrogen (secondary N) is 1. The molecule has 0 aromatic heterocycles. The molecule has 5 rings (SSSR count). The summed E-state index contributed by atoms with van der Waals surface area (Å²) in [6.07, 6.45) is 2.01. The number of ether oxygens (including phenoxy) is 2. The molecule has 2 aliphatic rings. The number of carboxylic acids is 1. The summed E-state index contributed by atoms with van der Waals surface area (Å²) in [5.74, 6) is -1.04. The van der Waals surface area contributed by atoms with Gasteiger partial charge < -0.3 is 35.0 Å². The van der Waals surface area contributed by atoms with Crippen molar-refractivity contribution in [3.8, 4) is 0 Å². The summed E-state index contributed by atoms with van der Waals surface area (Å²) < 4.78 is 13.0. The third kappa shape index (κ3) is 9.13. The van der Waals surface area contributed by atoms with Gasteiger partial charge in [-0.1, -0.05) is 60.1 Å². The number of aliphatic hydroxyl groups excluding tert-OH is 1. The molecule has 3 unspecified atom stereocenters. The van der Waals surface area contributed by atoms with Crippen LogP contribution in [0.15, 0.2) is 72.8 Å². The normalized spacial score (nSPS) is 21.7. The first-order chi connectivity index (χ1) is 21.7. The van der Waals surface area contributed by atoms with E-state index in [0.717, 1.165) is 22.3 Å². The van der Waals surface area contributed by atoms with E-state index in [2.05, 4.69) is 10.2 Å². The van der Waals surface area contributed by atoms with Crippen LogP contribution in [0.2, 0.25) is 5.02 Å². The van der Waals surface area contributed by atoms with Crippen molar-refractivity contribution in [1.82, 2.24) is 4.90 Å². The molecular formula is C35H41ClN2O7. The van der Waals surface area contributed by atoms with Crippen molar-refractivity contribution in [3.05, 3.63) is 100 Å². The van der Waals surface area contributed by atoms with Crippen LogP contribution in [0, 0.1) is 0 Å². The van der Waals surface area contributed by atoms with Gasteiger partial charge in [0.15, 0.2) is 6.29 Å². The molecule has 0 radical (unpaired) electrons. The Morgan fingerprint density at radius 1 is 0.933 bits per heavy atom. The van der Waals surface area contributed by atoms with Gasteiger partial charge in [0.1, 0.15) is 0 Å². The quantitative estimate of drug-likeness (QED) is 0.180. The fourth-order valence-electron chi connectivity index (χ4n) is 6.02. The molecule has 10 heteroatoms. The minimum Gasteiger partial charge on any atom is -0.481 e. The van der Waals surface area contributed by atoms with Crippen molar-refractivity contribution in [2.75, 3.05) is 25.0 Å². The molecule has 3 aromatic carbocycles. The zero-order valence-electron chi connectivity index (χ0n) is 25.2. The lowest BCUT2D eigenvalue weighted by Gasteiger charge is -2.42. The molecule has 9 nitrogen and oxygen atoms in total. The summed E-state index contributed by atoms with van der Waals surface area (Å²) in [4.78, 5) is 25.6. The average molecular weight is 637 g/mol. The van der Waals surface area contributed by atoms with E-state index in [-0.39, 0.29) is 37.6 Å². The number of aliphatic carboxylic acids is 1. The summed E-state index contributed by atoms with van der Waals surface area (Å²) in [5.41, 5.74) is 3.20. The maximum atomic E-state index is 12.5. The Hall–Kier alpha value is -3.31. The predicted octanol–water partition coefficient (Wildman–Crippen LogP) is 5.94. The molecule has 3 aromatic rings. The van der Waals surface area contributed by atoms with Gasteiger partial charge >= 0.3 is 5.97 Å². The third-order valence-electron chi connectivity index (χ3n) is 8.63. The van der Waals surface area contributed by atoms with E-state index in [9.17, 15) is 19.8 Å². The largest absolute Gasteiger partial charge is 0.481 e. The van der Waals surface area contributed by atoms with Gasteiger partial charge in [-0.15, -0.1) is 0 Å². The zero-order valence-corrected chi connectivity index (χ0v) is 26.0. The van der Waals surface area contributed by atoms with Gasteiger partial charge in [-0.25, -0.2) is 0 Å². The number of unbranched alkanes of at least 4 members (excludes halogenated alkanes) is 1. The second kappa shape index (κ2) is 15.3. The van der Waals surface area contributed by atoms with Crippen LogP contribution in [0.1, 0.15) is 79.6 Å². The van der Waals surface area contributed by atoms with Gasteiger partial charge in [-0.3, -0.25) is 9.59 Å². The number of carbonyl (C=O) groups is 2. The number of piperidine rings is 1. The number of nitrogens with zero attached hydrogens (tertiary/aromatic N) is 1. The number of anilines is 1. The second-order valence-corrected chi connectivity index (χ2v) is 12.4. The van der Waals surface area contributed by atoms with E-state index in [0.29, 0.717) is 62.4 Å². The SMILES string of the molecule is O=C(O)CCCCC(=O)Nc1cccc(C2OC(CN3CCC(O)(c4ccc(Cl)cc4)CC3)CC(c3ccc(CO)cc3)O2)c1. The van der Waals surface area contributed by atoms with E-state index in [4.69, 9.17) is 26.2 Å². The Balaban J connectivity index is 1.26. The van der Waals surface area contributed by atoms with E-state index in [1.54, 1.807) is 6.07 Å². The number of rotatable bonds is 12. The molecule has 45 heavy (non-hydrogen) atoms. The maximum Gasteiger partial charge on any atom is 0.303 e. The molecular weight excluding hydrogens is 596 g/mol. The molecule has 0 aliphatic carbocycles. The van der Waals surface area contributed by atoms with E-state index >= 15 is 0 Å². The molecule has 4 N–H and O–H groups in total. The summed E-state index contributed by atoms with van der Waals surface area (Å²) in [7, 11) is 0. The van der Waals surface area contributed by atoms with Gasteiger partial charge in [0.25, 0.3) is 0 Å². The summed E-state index contributed by atoms with van der Waals surface area (Å²) in [6, 6.07) is 22.6. The number of benzene rings is 3. The number of aliphatic hydroxyl groups is 2. The maximum absolute atomic E-state index is 12.5. The van der Waals surface area contributed by atoms with Crippen molar-refractivity contribution < 1.29 is 34.4 Å². The summed E-state index contributed by atoms with van der Waals surface area (Å²) in [6.45, 7) is 2.08. The number of carbonyl (C=O) groups excluding carboxylic acids is 1. The van der Waals surface area contributed by atoms with Crippen LogP contribution in [0.25, 0.3) is 0 Å². The summed E-state index contributed by atoms with van der Waals surface area (Å²) in [5, 5.41) is 33.2. The van der Waals surface area contributed by atoms with Crippen molar-refractivity contribution in [2.24, 2.45) is 0 Å². The Bertz CT molecular complexity index is 1420. The van der Waals surface area contributed by atoms with Gasteiger partial charge in [0.2, 0.25) is 5.91 Å². The van der Waals surface area contributed by atoms with Crippen molar-refractivity contribution in [1.29, 1.82) is 0 Å². The molecule has 2 saturated heterocycles. The van der Waals surface area contributed by atoms with Crippen LogP contribution >= 0.6 is 11.6 Å². The number of hydrogen-bond acceptors (Lipinski definition) is 7. The van der Waals surface area contributed by atoms with E-state index in [1.165, 1.54) is 0 Å². The van der Waals surface area contributed by atoms with Gasteiger partial charge in [-0.2, -0.15) is 0 Å². The van der Waals surface area contributed by atoms with Crippen molar-refractivity contribution >= 4 is 29.2 Å². The molecule has 0 bridgehead atoms. The molecule has 1 amide bonds. The van der Waals surface area contributed by atoms with Crippen LogP contribution in [0.3, 0.4) is 0 Å². The zero-order chi connectivity index (χ0) is 31.8. The van der Waals surface area contributed by atoms with Gasteiger partial charge in [0, 0.05) is 55.2 Å². The smallest absolute Gasteiger partial charge is 0.303 e. The highest BCUT2D eigenvalue weighted by Crippen LogP contribution is 2.40. The fraction of sp³-hybridized carbons (Fsp3) is 0.429. The third-order valence-corrected chi connectivity index (χ3v) is 8.88. The minimum absolute atomic E-state index is 0.0322. The Kier molecular flexibility index (Phi) is 11.3. The van der Waals surface area contributed by atoms with E-state index < -0.39 is 17.9 Å². The average Bonchev–Trinajstić information content (AvgIpc) is 3.04. The Morgan fingerprint density at radius 2 is 1.64 bits per heavy atom. The lowest BCUT2D eigenvalue weighted by atomic mass is 9.84. The fourth-order valence-corrected chi connectivity index (χ4v) is 6.15. The van der Waals surface area contributed by atoms with Crippen molar-refractivity contribution in [2.45, 2.75) is 75.7 Å². The molecule has 0 saturated carbocycles. The van der Waals surface area contributed by atoms with Gasteiger partial charge in [0.05, 0.1) is 24.4 Å². The van der Waals surface area contributed by atoms with Crippen LogP contribution in [-0.2, 0) is 31.3 Å². The van der Waals surface area contributed by atoms with E-state index in [1.807, 2.05) is 66.7 Å². The monoisotopic (exact) mass is 636 g/mol. The molecule has 240 valence electrons. The van der Waals surface area contributed by atoms with Gasteiger partial charge in [-0.05, 0) is 66.6 Å². The van der Waals surface area contributed by atoms with Crippen molar-refractivity contribution in [3.63, 3.8) is 0 Å². The summed E-state index contributed by atoms with van der Waals surface area (Å²) >= 11 is 6.06. The Morgan fingerprint density at radius 3 is 2.33 bits per heavy atom. The lowest BCUT2D eigenvalue weighted by Crippen LogP contribution is -2.46. The number of carboxylic acid groups (broad SMARTS) is 1. The molecule has 0 spiro atoms. The molecule has 2 aliphatic heterocycles. The standard InChI is InChI=1S/C35H41ClN2O7/c36-28-14-12-27(13-15-28)35(43)16-18-38(19-17-35)22-30-21-31(25-10-8-24(23-39)9-11-25)45-34(44-30)26-4-3-5-29(20-26)37-32(40)6-1-2-7-33(41)42/h3-5,8-15,20,30-31,34,39,43H,1-2,6-7,16-19,21-23H2,(H,37,40)(H,41,42). The number of amides is 1. The van der Waals surface area contributed by atoms with Crippen LogP contribution < -0.4 is 5.32 Å². The Labute approximate surface area is 268 Å². The van der Waals surface area contributed by atoms with Crippen LogP contribution in [0.4, 0.5) is 5.69 Å². The number of halogens is 1. The topological polar surface area (TPSA) is 129 Å². The first-order valence-electron chi connectivity index (χ1n) is 15.5. The highest BCUT2D eigenvalue weighted by Gasteiger charge is 2.37. The number of hydrogen-bond donors (Lipinski definition) is 4. The van der Waals surface area contributed by atoms with Crippen LogP contribution in [-0.4, -0.2) is 57.8 Å². The highest BCUT2D eigenvalue weighted by molar-refractivity contribution is 6.30. The van der Waals surface area contributed by atoms with Crippen LogP contribution in [0.5, 0.6) is 0 Å². The predicted molar refractivity (Wildman–Crippen MR) is 171 cm³/mol. The molecule has 2 fully saturated rings. The first-order valence-corrected chi connectivity index (χ1v) is 15.9. The molecule has 2 heterocycles. The highest BCUT2D eigenvalue weighted by atomic mass is 35.5. The lowest BCUT2D eigenvalue weighted by molar-refractivity contribution is -0.253. The minimum atomic E-state index is -0.891. The second-order valence-electron chi connectivity index (χ2n) is 12.0. The molecule has 3 atom stereocenters.